The lowest BCUT2D eigenvalue weighted by atomic mass is 9.98. The van der Waals surface area contributed by atoms with Crippen LogP contribution in [0.3, 0.4) is 0 Å². The first kappa shape index (κ1) is 10.5. The minimum Gasteiger partial charge on any atom is -0.479 e. The second-order valence-electron chi connectivity index (χ2n) is 3.93. The average molecular weight is 188 g/mol. The lowest BCUT2D eigenvalue weighted by molar-refractivity contribution is -0.182. The molecule has 0 bridgehead atoms. The van der Waals surface area contributed by atoms with Crippen LogP contribution < -0.4 is 0 Å². The summed E-state index contributed by atoms with van der Waals surface area (Å²) in [6.07, 6.45) is 0.256. The zero-order valence-electron chi connectivity index (χ0n) is 8.46. The van der Waals surface area contributed by atoms with E-state index in [0.717, 1.165) is 0 Å². The van der Waals surface area contributed by atoms with Crippen molar-refractivity contribution in [2.24, 2.45) is 0 Å². The molecular weight excluding hydrogens is 172 g/mol. The van der Waals surface area contributed by atoms with E-state index in [9.17, 15) is 4.79 Å². The highest BCUT2D eigenvalue weighted by atomic mass is 16.8. The minimum atomic E-state index is -1.21. The van der Waals surface area contributed by atoms with E-state index in [1.807, 2.05) is 6.92 Å². The topological polar surface area (TPSA) is 55.8 Å². The molecule has 4 heteroatoms. The van der Waals surface area contributed by atoms with Crippen molar-refractivity contribution in [2.45, 2.75) is 51.6 Å². The van der Waals surface area contributed by atoms with Crippen LogP contribution in [0.15, 0.2) is 0 Å². The first-order valence-electron chi connectivity index (χ1n) is 4.43. The first-order chi connectivity index (χ1) is 5.82. The van der Waals surface area contributed by atoms with Crippen LogP contribution >= 0.6 is 0 Å². The Morgan fingerprint density at radius 1 is 1.46 bits per heavy atom. The summed E-state index contributed by atoms with van der Waals surface area (Å²) < 4.78 is 10.9. The molecule has 0 unspecified atom stereocenters. The Morgan fingerprint density at radius 2 is 2.00 bits per heavy atom. The number of hydrogen-bond donors (Lipinski definition) is 1. The summed E-state index contributed by atoms with van der Waals surface area (Å²) in [6, 6.07) is 0. The summed E-state index contributed by atoms with van der Waals surface area (Å²) in [4.78, 5) is 11.0. The molecule has 0 aromatic heterocycles. The van der Waals surface area contributed by atoms with E-state index in [4.69, 9.17) is 14.6 Å². The Hall–Kier alpha value is -0.610. The van der Waals surface area contributed by atoms with E-state index in [1.165, 1.54) is 0 Å². The molecule has 1 rings (SSSR count). The maximum atomic E-state index is 11.0. The van der Waals surface area contributed by atoms with Crippen molar-refractivity contribution in [1.29, 1.82) is 0 Å². The van der Waals surface area contributed by atoms with Gasteiger partial charge in [0, 0.05) is 0 Å². The Bertz CT molecular complexity index is 224. The SMILES string of the molecule is CC[C@H]1OC(C)(C)O[C@@]1(C)C(=O)O. The molecule has 1 heterocycles. The summed E-state index contributed by atoms with van der Waals surface area (Å²) in [5.74, 6) is -1.77. The number of aliphatic carboxylic acids is 1. The molecule has 0 aromatic carbocycles. The van der Waals surface area contributed by atoms with Gasteiger partial charge in [-0.15, -0.1) is 0 Å². The largest absolute Gasteiger partial charge is 0.479 e. The Balaban J connectivity index is 2.92. The maximum Gasteiger partial charge on any atom is 0.338 e. The number of rotatable bonds is 2. The van der Waals surface area contributed by atoms with E-state index in [2.05, 4.69) is 0 Å². The molecule has 0 spiro atoms. The van der Waals surface area contributed by atoms with Crippen LogP contribution in [0.5, 0.6) is 0 Å². The highest BCUT2D eigenvalue weighted by Crippen LogP contribution is 2.37. The van der Waals surface area contributed by atoms with E-state index in [1.54, 1.807) is 20.8 Å². The number of ether oxygens (including phenoxy) is 2. The van der Waals surface area contributed by atoms with Gasteiger partial charge in [0.1, 0.15) is 6.10 Å². The van der Waals surface area contributed by atoms with E-state index < -0.39 is 17.4 Å². The fraction of sp³-hybridized carbons (Fsp3) is 0.889. The second kappa shape index (κ2) is 2.96. The highest BCUT2D eigenvalue weighted by Gasteiger charge is 2.54. The highest BCUT2D eigenvalue weighted by molar-refractivity contribution is 5.78. The zero-order valence-corrected chi connectivity index (χ0v) is 8.46. The van der Waals surface area contributed by atoms with Crippen LogP contribution in [0.4, 0.5) is 0 Å². The van der Waals surface area contributed by atoms with Crippen LogP contribution in [0.2, 0.25) is 0 Å². The molecule has 0 amide bonds. The maximum absolute atomic E-state index is 11.0. The van der Waals surface area contributed by atoms with Crippen molar-refractivity contribution in [3.63, 3.8) is 0 Å². The van der Waals surface area contributed by atoms with Gasteiger partial charge in [0.25, 0.3) is 0 Å². The third-order valence-electron chi connectivity index (χ3n) is 2.29. The number of carbonyl (C=O) groups is 1. The van der Waals surface area contributed by atoms with Gasteiger partial charge in [-0.2, -0.15) is 0 Å². The molecule has 1 aliphatic heterocycles. The molecule has 1 fully saturated rings. The molecule has 4 nitrogen and oxygen atoms in total. The van der Waals surface area contributed by atoms with Crippen LogP contribution in [-0.4, -0.2) is 28.6 Å². The van der Waals surface area contributed by atoms with Crippen LogP contribution in [-0.2, 0) is 14.3 Å². The third-order valence-corrected chi connectivity index (χ3v) is 2.29. The van der Waals surface area contributed by atoms with Gasteiger partial charge in [-0.25, -0.2) is 4.79 Å². The van der Waals surface area contributed by atoms with Gasteiger partial charge in [-0.3, -0.25) is 0 Å². The lowest BCUT2D eigenvalue weighted by Crippen LogP contribution is -2.44. The van der Waals surface area contributed by atoms with Gasteiger partial charge in [-0.1, -0.05) is 6.92 Å². The molecular formula is C9H16O4. The monoisotopic (exact) mass is 188 g/mol. The zero-order chi connectivity index (χ0) is 10.3. The standard InChI is InChI=1S/C9H16O4/c1-5-6-9(4,7(10)11)13-8(2,3)12-6/h6H,5H2,1-4H3,(H,10,11)/t6-,9-/m1/s1. The first-order valence-corrected chi connectivity index (χ1v) is 4.43. The summed E-state index contributed by atoms with van der Waals surface area (Å²) in [7, 11) is 0. The summed E-state index contributed by atoms with van der Waals surface area (Å²) in [5, 5.41) is 9.00. The van der Waals surface area contributed by atoms with Gasteiger partial charge in [0.05, 0.1) is 0 Å². The fourth-order valence-electron chi connectivity index (χ4n) is 1.71. The van der Waals surface area contributed by atoms with Gasteiger partial charge < -0.3 is 14.6 Å². The number of carboxylic acid groups (broad SMARTS) is 1. The summed E-state index contributed by atoms with van der Waals surface area (Å²) in [6.45, 7) is 6.89. The minimum absolute atomic E-state index is 0.375. The van der Waals surface area contributed by atoms with Gasteiger partial charge in [-0.05, 0) is 27.2 Å². The van der Waals surface area contributed by atoms with Crippen molar-refractivity contribution in [3.8, 4) is 0 Å². The van der Waals surface area contributed by atoms with Crippen molar-refractivity contribution in [1.82, 2.24) is 0 Å². The molecule has 1 saturated heterocycles. The molecule has 13 heavy (non-hydrogen) atoms. The fourth-order valence-corrected chi connectivity index (χ4v) is 1.71. The van der Waals surface area contributed by atoms with Crippen molar-refractivity contribution < 1.29 is 19.4 Å². The summed E-state index contributed by atoms with van der Waals surface area (Å²) >= 11 is 0. The molecule has 0 aromatic rings. The second-order valence-corrected chi connectivity index (χ2v) is 3.93. The quantitative estimate of drug-likeness (QED) is 0.711. The third kappa shape index (κ3) is 1.69. The van der Waals surface area contributed by atoms with E-state index in [0.29, 0.717) is 6.42 Å². The van der Waals surface area contributed by atoms with Crippen molar-refractivity contribution in [3.05, 3.63) is 0 Å². The Labute approximate surface area is 77.8 Å². The molecule has 1 N–H and O–H groups in total. The smallest absolute Gasteiger partial charge is 0.338 e. The normalized spacial score (nSPS) is 37.7. The van der Waals surface area contributed by atoms with Gasteiger partial charge >= 0.3 is 5.97 Å². The molecule has 2 atom stereocenters. The Kier molecular flexibility index (Phi) is 2.38. The Morgan fingerprint density at radius 3 is 2.31 bits per heavy atom. The molecule has 1 aliphatic rings. The van der Waals surface area contributed by atoms with Gasteiger partial charge in [0.2, 0.25) is 0 Å². The predicted molar refractivity (Wildman–Crippen MR) is 46.4 cm³/mol. The van der Waals surface area contributed by atoms with E-state index >= 15 is 0 Å². The van der Waals surface area contributed by atoms with Crippen molar-refractivity contribution in [2.75, 3.05) is 0 Å². The van der Waals surface area contributed by atoms with Crippen LogP contribution in [0, 0.1) is 0 Å². The number of hydrogen-bond acceptors (Lipinski definition) is 3. The lowest BCUT2D eigenvalue weighted by Gasteiger charge is -2.23. The molecule has 0 saturated carbocycles. The van der Waals surface area contributed by atoms with E-state index in [-0.39, 0.29) is 6.10 Å². The van der Waals surface area contributed by atoms with Crippen LogP contribution in [0.25, 0.3) is 0 Å². The molecule has 0 aliphatic carbocycles. The predicted octanol–water partition coefficient (Wildman–Crippen LogP) is 1.39. The van der Waals surface area contributed by atoms with Crippen LogP contribution in [0.1, 0.15) is 34.1 Å². The number of carboxylic acids is 1. The average Bonchev–Trinajstić information content (AvgIpc) is 2.22. The summed E-state index contributed by atoms with van der Waals surface area (Å²) in [5.41, 5.74) is -1.21. The molecule has 0 radical (unpaired) electrons. The molecule has 76 valence electrons. The van der Waals surface area contributed by atoms with Gasteiger partial charge in [0.15, 0.2) is 11.4 Å². The van der Waals surface area contributed by atoms with Crippen molar-refractivity contribution >= 4 is 5.97 Å².